The average Bonchev–Trinajstić information content (AvgIpc) is 3.62. The Balaban J connectivity index is 1.15. The number of hydrogen-bond acceptors (Lipinski definition) is 2. The van der Waals surface area contributed by atoms with E-state index in [1.54, 1.807) is 0 Å². The molecule has 0 saturated carbocycles. The van der Waals surface area contributed by atoms with Crippen molar-refractivity contribution in [3.63, 3.8) is 0 Å². The molecule has 2 heteroatoms. The first-order valence-corrected chi connectivity index (χ1v) is 19.2. The van der Waals surface area contributed by atoms with E-state index >= 15 is 0 Å². The molecule has 0 fully saturated rings. The minimum absolute atomic E-state index is 1.10. The maximum absolute atomic E-state index is 2.42. The normalized spacial score (nSPS) is 11.3. The van der Waals surface area contributed by atoms with Crippen LogP contribution in [0.5, 0.6) is 0 Å². The third-order valence-corrected chi connectivity index (χ3v) is 11.6. The van der Waals surface area contributed by atoms with Gasteiger partial charge < -0.3 is 4.90 Å². The molecule has 9 aromatic carbocycles. The maximum Gasteiger partial charge on any atom is 0.0540 e. The minimum Gasteiger partial charge on any atom is -0.310 e. The number of anilines is 3. The molecular formula is C52H35NS. The molecule has 0 aliphatic rings. The first-order valence-electron chi connectivity index (χ1n) is 18.4. The highest BCUT2D eigenvalue weighted by Crippen LogP contribution is 2.45. The summed E-state index contributed by atoms with van der Waals surface area (Å²) < 4.78 is 2.63. The van der Waals surface area contributed by atoms with Gasteiger partial charge in [-0.05, 0) is 98.2 Å². The number of nitrogens with zero attached hydrogens (tertiary/aromatic N) is 1. The van der Waals surface area contributed by atoms with Crippen molar-refractivity contribution < 1.29 is 0 Å². The summed E-state index contributed by atoms with van der Waals surface area (Å²) in [5, 5.41) is 5.11. The summed E-state index contributed by atoms with van der Waals surface area (Å²) in [5.74, 6) is 0. The van der Waals surface area contributed by atoms with E-state index in [1.807, 2.05) is 11.3 Å². The molecule has 0 N–H and O–H groups in total. The maximum atomic E-state index is 2.42. The fourth-order valence-corrected chi connectivity index (χ4v) is 9.00. The zero-order valence-electron chi connectivity index (χ0n) is 29.6. The number of rotatable bonds is 7. The Bertz CT molecular complexity index is 2930. The van der Waals surface area contributed by atoms with Crippen molar-refractivity contribution in [2.75, 3.05) is 4.90 Å². The molecule has 0 spiro atoms. The molecule has 1 aromatic heterocycles. The van der Waals surface area contributed by atoms with Gasteiger partial charge in [0.15, 0.2) is 0 Å². The van der Waals surface area contributed by atoms with Crippen LogP contribution in [0.4, 0.5) is 17.1 Å². The van der Waals surface area contributed by atoms with Crippen LogP contribution in [0.3, 0.4) is 0 Å². The topological polar surface area (TPSA) is 3.24 Å². The van der Waals surface area contributed by atoms with E-state index < -0.39 is 0 Å². The standard InChI is InChI=1S/C52H35NS/c1-2-14-36(15-3-1)37-28-31-41(32-29-37)53(50-26-10-8-22-45(50)40-30-33-52-49(35-40)48-24-9-11-27-51(48)54-52)42-19-12-18-39(34-42)44-21-6-7-23-46(44)47-25-13-17-38-16-4-5-20-43(38)47/h1-35H. The minimum atomic E-state index is 1.10. The van der Waals surface area contributed by atoms with E-state index in [9.17, 15) is 0 Å². The second-order valence-corrected chi connectivity index (χ2v) is 14.8. The van der Waals surface area contributed by atoms with Crippen LogP contribution in [0.1, 0.15) is 0 Å². The molecule has 0 unspecified atom stereocenters. The van der Waals surface area contributed by atoms with Gasteiger partial charge in [0.1, 0.15) is 0 Å². The molecule has 0 aliphatic heterocycles. The Morgan fingerprint density at radius 1 is 0.296 bits per heavy atom. The van der Waals surface area contributed by atoms with E-state index in [0.717, 1.165) is 17.1 Å². The Kier molecular flexibility index (Phi) is 8.09. The van der Waals surface area contributed by atoms with Crippen molar-refractivity contribution >= 4 is 59.3 Å². The van der Waals surface area contributed by atoms with Gasteiger partial charge in [0, 0.05) is 37.1 Å². The summed E-state index contributed by atoms with van der Waals surface area (Å²) >= 11 is 1.86. The Morgan fingerprint density at radius 2 is 0.870 bits per heavy atom. The van der Waals surface area contributed by atoms with Gasteiger partial charge in [-0.1, -0.05) is 164 Å². The van der Waals surface area contributed by atoms with Gasteiger partial charge in [-0.3, -0.25) is 0 Å². The van der Waals surface area contributed by atoms with Crippen molar-refractivity contribution in [1.82, 2.24) is 0 Å². The average molecular weight is 706 g/mol. The molecular weight excluding hydrogens is 671 g/mol. The fraction of sp³-hybridized carbons (Fsp3) is 0. The summed E-state index contributed by atoms with van der Waals surface area (Å²) in [6, 6.07) is 77.2. The van der Waals surface area contributed by atoms with E-state index in [2.05, 4.69) is 217 Å². The van der Waals surface area contributed by atoms with Gasteiger partial charge in [0.25, 0.3) is 0 Å². The van der Waals surface area contributed by atoms with Crippen molar-refractivity contribution in [1.29, 1.82) is 0 Å². The Hall–Kier alpha value is -6.74. The largest absolute Gasteiger partial charge is 0.310 e. The lowest BCUT2D eigenvalue weighted by Gasteiger charge is -2.28. The van der Waals surface area contributed by atoms with Crippen molar-refractivity contribution in [2.24, 2.45) is 0 Å². The smallest absolute Gasteiger partial charge is 0.0540 e. The molecule has 10 rings (SSSR count). The van der Waals surface area contributed by atoms with Crippen molar-refractivity contribution in [3.05, 3.63) is 212 Å². The van der Waals surface area contributed by atoms with E-state index in [1.165, 1.54) is 75.5 Å². The molecule has 254 valence electrons. The Morgan fingerprint density at radius 3 is 1.74 bits per heavy atom. The quantitative estimate of drug-likeness (QED) is 0.160. The molecule has 1 heterocycles. The van der Waals surface area contributed by atoms with Crippen LogP contribution in [0.2, 0.25) is 0 Å². The second-order valence-electron chi connectivity index (χ2n) is 13.7. The molecule has 1 nitrogen and oxygen atoms in total. The highest BCUT2D eigenvalue weighted by Gasteiger charge is 2.19. The molecule has 10 aromatic rings. The summed E-state index contributed by atoms with van der Waals surface area (Å²) in [5.41, 5.74) is 13.0. The van der Waals surface area contributed by atoms with E-state index in [0.29, 0.717) is 0 Å². The van der Waals surface area contributed by atoms with Crippen LogP contribution >= 0.6 is 11.3 Å². The molecule has 0 bridgehead atoms. The molecule has 0 radical (unpaired) electrons. The van der Waals surface area contributed by atoms with Gasteiger partial charge in [0.2, 0.25) is 0 Å². The van der Waals surface area contributed by atoms with Gasteiger partial charge in [-0.15, -0.1) is 11.3 Å². The monoisotopic (exact) mass is 705 g/mol. The van der Waals surface area contributed by atoms with Gasteiger partial charge in [-0.25, -0.2) is 0 Å². The van der Waals surface area contributed by atoms with Crippen molar-refractivity contribution in [3.8, 4) is 44.5 Å². The van der Waals surface area contributed by atoms with Gasteiger partial charge in [-0.2, -0.15) is 0 Å². The number of benzene rings is 9. The van der Waals surface area contributed by atoms with Crippen molar-refractivity contribution in [2.45, 2.75) is 0 Å². The summed E-state index contributed by atoms with van der Waals surface area (Å²) in [6.07, 6.45) is 0. The summed E-state index contributed by atoms with van der Waals surface area (Å²) in [4.78, 5) is 2.42. The van der Waals surface area contributed by atoms with Crippen LogP contribution in [0, 0.1) is 0 Å². The van der Waals surface area contributed by atoms with Gasteiger partial charge in [0.05, 0.1) is 5.69 Å². The zero-order valence-corrected chi connectivity index (χ0v) is 30.4. The lowest BCUT2D eigenvalue weighted by molar-refractivity contribution is 1.28. The fourth-order valence-electron chi connectivity index (χ4n) is 7.91. The molecule has 0 aliphatic carbocycles. The van der Waals surface area contributed by atoms with E-state index in [-0.39, 0.29) is 0 Å². The predicted octanol–water partition coefficient (Wildman–Crippen LogP) is 15.3. The van der Waals surface area contributed by atoms with E-state index in [4.69, 9.17) is 0 Å². The SMILES string of the molecule is c1ccc(-c2ccc(N(c3cccc(-c4ccccc4-c4cccc5ccccc45)c3)c3ccccc3-c3ccc4sc5ccccc5c4c3)cc2)cc1. The van der Waals surface area contributed by atoms with Crippen LogP contribution < -0.4 is 4.90 Å². The van der Waals surface area contributed by atoms with Gasteiger partial charge >= 0.3 is 0 Å². The number of para-hydroxylation sites is 1. The lowest BCUT2D eigenvalue weighted by atomic mass is 9.91. The van der Waals surface area contributed by atoms with Crippen LogP contribution in [0.25, 0.3) is 75.5 Å². The molecule has 0 amide bonds. The number of thiophene rings is 1. The highest BCUT2D eigenvalue weighted by atomic mass is 32.1. The van der Waals surface area contributed by atoms with Crippen LogP contribution in [-0.2, 0) is 0 Å². The van der Waals surface area contributed by atoms with Crippen LogP contribution in [0.15, 0.2) is 212 Å². The van der Waals surface area contributed by atoms with Crippen LogP contribution in [-0.4, -0.2) is 0 Å². The summed E-state index contributed by atoms with van der Waals surface area (Å²) in [7, 11) is 0. The first kappa shape index (κ1) is 32.0. The number of fused-ring (bicyclic) bond motifs is 4. The summed E-state index contributed by atoms with van der Waals surface area (Å²) in [6.45, 7) is 0. The third kappa shape index (κ3) is 5.74. The predicted molar refractivity (Wildman–Crippen MR) is 233 cm³/mol. The lowest BCUT2D eigenvalue weighted by Crippen LogP contribution is -2.11. The molecule has 54 heavy (non-hydrogen) atoms. The number of hydrogen-bond donors (Lipinski definition) is 0. The molecule has 0 saturated heterocycles. The Labute approximate surface area is 319 Å². The first-order chi connectivity index (χ1) is 26.8. The molecule has 0 atom stereocenters. The highest BCUT2D eigenvalue weighted by molar-refractivity contribution is 7.25. The second kappa shape index (κ2) is 13.7. The third-order valence-electron chi connectivity index (χ3n) is 10.5. The zero-order chi connectivity index (χ0) is 35.8.